The van der Waals surface area contributed by atoms with Crippen molar-refractivity contribution in [2.45, 2.75) is 103 Å². The van der Waals surface area contributed by atoms with Crippen LogP contribution >= 0.6 is 11.3 Å². The fraction of sp³-hybridized carbons (Fsp3) is 0.444. The number of hydrogen-bond acceptors (Lipinski definition) is 11. The second kappa shape index (κ2) is 20.3. The van der Waals surface area contributed by atoms with Gasteiger partial charge in [0, 0.05) is 78.7 Å². The van der Waals surface area contributed by atoms with E-state index in [1.165, 1.54) is 4.90 Å². The summed E-state index contributed by atoms with van der Waals surface area (Å²) in [6.07, 6.45) is 9.75. The van der Waals surface area contributed by atoms with E-state index >= 15 is 0 Å². The number of piperidine rings is 2. The van der Waals surface area contributed by atoms with Crippen molar-refractivity contribution in [2.75, 3.05) is 44.2 Å². The smallest absolute Gasteiger partial charge is 0.319 e. The van der Waals surface area contributed by atoms with E-state index in [0.717, 1.165) is 119 Å². The van der Waals surface area contributed by atoms with Crippen LogP contribution in [-0.4, -0.2) is 103 Å². The molecular formula is C54H61F2N9O4S. The molecule has 5 aromatic heterocycles. The third kappa shape index (κ3) is 9.69. The van der Waals surface area contributed by atoms with Gasteiger partial charge in [0.15, 0.2) is 11.6 Å². The van der Waals surface area contributed by atoms with Gasteiger partial charge in [0.2, 0.25) is 11.8 Å². The van der Waals surface area contributed by atoms with E-state index in [0.29, 0.717) is 34.0 Å². The predicted octanol–water partition coefficient (Wildman–Crippen LogP) is 10.1. The van der Waals surface area contributed by atoms with Gasteiger partial charge in [-0.05, 0) is 112 Å². The molecule has 10 rings (SSSR count). The van der Waals surface area contributed by atoms with Crippen LogP contribution in [0.2, 0.25) is 0 Å². The molecule has 4 atom stereocenters. The Morgan fingerprint density at radius 1 is 0.871 bits per heavy atom. The predicted molar refractivity (Wildman–Crippen MR) is 269 cm³/mol. The maximum atomic E-state index is 14.3. The number of anilines is 1. The Hall–Kier alpha value is -6.10. The molecule has 0 bridgehead atoms. The molecule has 0 aliphatic carbocycles. The van der Waals surface area contributed by atoms with Gasteiger partial charge in [0.25, 0.3) is 0 Å². The van der Waals surface area contributed by atoms with Crippen molar-refractivity contribution in [1.82, 2.24) is 39.8 Å². The molecule has 2 N–H and O–H groups in total. The average Bonchev–Trinajstić information content (AvgIpc) is 4.19. The van der Waals surface area contributed by atoms with Crippen LogP contribution in [0.3, 0.4) is 0 Å². The Morgan fingerprint density at radius 2 is 1.63 bits per heavy atom. The summed E-state index contributed by atoms with van der Waals surface area (Å²) in [6, 6.07) is 20.4. The summed E-state index contributed by atoms with van der Waals surface area (Å²) in [5.74, 6) is 0.871. The molecule has 8 heterocycles. The summed E-state index contributed by atoms with van der Waals surface area (Å²) in [7, 11) is 0. The first-order chi connectivity index (χ1) is 33.9. The first kappa shape index (κ1) is 47.6. The van der Waals surface area contributed by atoms with Gasteiger partial charge in [-0.3, -0.25) is 24.1 Å². The monoisotopic (exact) mass is 969 g/mol. The minimum Gasteiger partial charge on any atom is -0.391 e. The summed E-state index contributed by atoms with van der Waals surface area (Å²) < 4.78 is 35.4. The highest BCUT2D eigenvalue weighted by molar-refractivity contribution is 7.13. The number of pyridine rings is 2. The number of amides is 2. The number of thiazole rings is 1. The lowest BCUT2D eigenvalue weighted by Crippen LogP contribution is -2.48. The number of aliphatic hydroxyl groups is 1. The summed E-state index contributed by atoms with van der Waals surface area (Å²) in [5.41, 5.74) is 8.63. The molecule has 13 nitrogen and oxygen atoms in total. The van der Waals surface area contributed by atoms with Gasteiger partial charge in [-0.25, -0.2) is 4.98 Å². The number of rotatable bonds is 14. The number of carbonyl (C=O) groups excluding carboxylic acids is 2. The SMILES string of the molecule is Cc1ncsc1-c1ccc([C@H](C)NC(=O)[C@@H]2C[C@@H](O)CN2C(=O)C(c2cc(N3CCC(CCN4CCC(c5ccc(-c6ccc7c8cnccc8n(C(F)F)c7c6)cn5)CC4)CC3)no2)C(C)C)cc1. The average molecular weight is 970 g/mol. The minimum atomic E-state index is -2.66. The van der Waals surface area contributed by atoms with Crippen LogP contribution < -0.4 is 10.2 Å². The summed E-state index contributed by atoms with van der Waals surface area (Å²) in [6.45, 7) is 10.1. The zero-order chi connectivity index (χ0) is 48.6. The molecule has 0 saturated carbocycles. The van der Waals surface area contributed by atoms with E-state index in [4.69, 9.17) is 9.51 Å². The number of nitrogens with one attached hydrogen (secondary N) is 1. The number of carbonyl (C=O) groups is 2. The van der Waals surface area contributed by atoms with Gasteiger partial charge in [-0.15, -0.1) is 11.3 Å². The number of hydrogen-bond donors (Lipinski definition) is 2. The summed E-state index contributed by atoms with van der Waals surface area (Å²) in [5, 5.41) is 19.8. The number of aliphatic hydroxyl groups excluding tert-OH is 1. The van der Waals surface area contributed by atoms with E-state index < -0.39 is 24.6 Å². The van der Waals surface area contributed by atoms with Crippen LogP contribution in [0.15, 0.2) is 95.4 Å². The number of halogens is 2. The number of likely N-dealkylation sites (tertiary alicyclic amines) is 2. The third-order valence-electron chi connectivity index (χ3n) is 15.1. The quantitative estimate of drug-likeness (QED) is 0.108. The first-order valence-electron chi connectivity index (χ1n) is 24.8. The Kier molecular flexibility index (Phi) is 13.8. The second-order valence-corrected chi connectivity index (χ2v) is 20.8. The molecule has 3 aliphatic heterocycles. The van der Waals surface area contributed by atoms with Crippen LogP contribution in [0.4, 0.5) is 14.6 Å². The molecule has 366 valence electrons. The van der Waals surface area contributed by atoms with Crippen molar-refractivity contribution in [3.8, 4) is 21.6 Å². The lowest BCUT2D eigenvalue weighted by Gasteiger charge is -2.35. The van der Waals surface area contributed by atoms with Crippen LogP contribution in [0.1, 0.15) is 106 Å². The lowest BCUT2D eigenvalue weighted by atomic mass is 9.90. The lowest BCUT2D eigenvalue weighted by molar-refractivity contribution is -0.141. The second-order valence-electron chi connectivity index (χ2n) is 19.9. The molecule has 2 amide bonds. The molecule has 3 saturated heterocycles. The van der Waals surface area contributed by atoms with Gasteiger partial charge in [0.1, 0.15) is 12.0 Å². The zero-order valence-electron chi connectivity index (χ0n) is 40.2. The van der Waals surface area contributed by atoms with Gasteiger partial charge in [-0.2, -0.15) is 8.78 Å². The van der Waals surface area contributed by atoms with E-state index in [9.17, 15) is 23.5 Å². The Bertz CT molecular complexity index is 2940. The van der Waals surface area contributed by atoms with Crippen molar-refractivity contribution in [3.05, 3.63) is 114 Å². The van der Waals surface area contributed by atoms with Crippen molar-refractivity contribution >= 4 is 50.8 Å². The first-order valence-corrected chi connectivity index (χ1v) is 25.6. The van der Waals surface area contributed by atoms with E-state index in [-0.39, 0.29) is 36.7 Å². The third-order valence-corrected chi connectivity index (χ3v) is 16.1. The molecule has 3 aliphatic rings. The van der Waals surface area contributed by atoms with Crippen LogP contribution in [0.5, 0.6) is 0 Å². The number of alkyl halides is 2. The highest BCUT2D eigenvalue weighted by Gasteiger charge is 2.44. The van der Waals surface area contributed by atoms with Crippen LogP contribution in [0, 0.1) is 18.8 Å². The zero-order valence-corrected chi connectivity index (χ0v) is 41.0. The number of fused-ring (bicyclic) bond motifs is 3. The van der Waals surface area contributed by atoms with Gasteiger partial charge in [-0.1, -0.05) is 61.5 Å². The van der Waals surface area contributed by atoms with Crippen LogP contribution in [0.25, 0.3) is 43.4 Å². The number of nitrogens with zero attached hydrogens (tertiary/aromatic N) is 8. The summed E-state index contributed by atoms with van der Waals surface area (Å²) >= 11 is 1.60. The standard InChI is InChI=1S/C54H61F2N9O4S/c1-32(2)50(53(68)64-30-41(66)26-47(64)52(67)60-33(3)36-5-7-38(8-6-36)51-34(4)59-31-70-51)48-27-49(61-69-48)63-23-15-35(16-24-63)14-20-62-21-17-37(18-22-62)44-12-10-40(28-58-44)39-9-11-42-43-29-57-19-13-45(43)65(54(55)56)46(42)25-39/h5-13,19,25,27-29,31-33,35,37,41,47,50,54,66H,14-18,20-24,26,30H2,1-4H3,(H,60,67)/t33-,41+,47-,50?/m0/s1. The van der Waals surface area contributed by atoms with E-state index in [1.54, 1.807) is 29.8 Å². The maximum Gasteiger partial charge on any atom is 0.319 e. The molecule has 2 aromatic carbocycles. The molecule has 16 heteroatoms. The molecule has 3 fully saturated rings. The number of β-amino-alcohol motifs (C(OH)–C–C–N with tert-alkyl or cyclic N) is 1. The normalized spacial score (nSPS) is 19.5. The highest BCUT2D eigenvalue weighted by Crippen LogP contribution is 2.38. The molecule has 70 heavy (non-hydrogen) atoms. The number of benzene rings is 2. The molecular weight excluding hydrogens is 909 g/mol. The van der Waals surface area contributed by atoms with E-state index in [1.807, 2.05) is 87.9 Å². The number of aromatic nitrogens is 5. The van der Waals surface area contributed by atoms with E-state index in [2.05, 4.69) is 42.4 Å². The van der Waals surface area contributed by atoms with Gasteiger partial charge < -0.3 is 29.6 Å². The van der Waals surface area contributed by atoms with Crippen LogP contribution in [-0.2, 0) is 9.59 Å². The maximum absolute atomic E-state index is 14.3. The number of aryl methyl sites for hydroxylation is 1. The van der Waals surface area contributed by atoms with Crippen molar-refractivity contribution in [3.63, 3.8) is 0 Å². The van der Waals surface area contributed by atoms with Gasteiger partial charge >= 0.3 is 6.55 Å². The molecule has 0 radical (unpaired) electrons. The fourth-order valence-electron chi connectivity index (χ4n) is 11.1. The largest absolute Gasteiger partial charge is 0.391 e. The molecule has 0 spiro atoms. The molecule has 7 aromatic rings. The topological polar surface area (TPSA) is 146 Å². The van der Waals surface area contributed by atoms with Crippen molar-refractivity contribution in [2.24, 2.45) is 11.8 Å². The van der Waals surface area contributed by atoms with Crippen molar-refractivity contribution < 1.29 is 28.0 Å². The highest BCUT2D eigenvalue weighted by atomic mass is 32.1. The Labute approximate surface area is 410 Å². The molecule has 1 unspecified atom stereocenters. The summed E-state index contributed by atoms with van der Waals surface area (Å²) in [4.78, 5) is 49.0. The Balaban J connectivity index is 0.688. The van der Waals surface area contributed by atoms with Gasteiger partial charge in [0.05, 0.1) is 39.3 Å². The fourth-order valence-corrected chi connectivity index (χ4v) is 11.9. The Morgan fingerprint density at radius 3 is 2.33 bits per heavy atom. The van der Waals surface area contributed by atoms with Crippen molar-refractivity contribution in [1.29, 1.82) is 0 Å². The minimum absolute atomic E-state index is 0.0796.